The van der Waals surface area contributed by atoms with E-state index >= 15 is 0 Å². The van der Waals surface area contributed by atoms with Crippen molar-refractivity contribution in [1.29, 1.82) is 0 Å². The zero-order chi connectivity index (χ0) is 17.6. The molecule has 0 aliphatic rings. The second-order valence-electron chi connectivity index (χ2n) is 5.48. The molecule has 0 bridgehead atoms. The number of amides is 1. The minimum absolute atomic E-state index is 0.308. The number of pyridine rings is 1. The summed E-state index contributed by atoms with van der Waals surface area (Å²) in [4.78, 5) is 25.6. The van der Waals surface area contributed by atoms with Crippen LogP contribution in [0.25, 0.3) is 11.1 Å². The molecule has 0 saturated carbocycles. The lowest BCUT2D eigenvalue weighted by Gasteiger charge is -2.09. The van der Waals surface area contributed by atoms with Crippen LogP contribution in [0.1, 0.15) is 16.1 Å². The third-order valence-electron chi connectivity index (χ3n) is 3.67. The summed E-state index contributed by atoms with van der Waals surface area (Å²) in [6.45, 7) is 2.61. The molecule has 0 aliphatic heterocycles. The predicted molar refractivity (Wildman–Crippen MR) is 93.7 cm³/mol. The Balaban J connectivity index is 1.53. The zero-order valence-corrected chi connectivity index (χ0v) is 13.7. The van der Waals surface area contributed by atoms with Crippen LogP contribution in [-0.4, -0.2) is 34.2 Å². The standard InChI is InChI=1S/C18H18N4O3/c1-12-16(11-21-22-12)13-3-2-4-15(9-13)25-8-7-20-18(24)14-5-6-19-17(23)10-14/h2-6,9-11H,7-8H2,1H3,(H,19,23)(H,20,24)(H,21,22). The minimum atomic E-state index is -0.310. The Bertz CT molecular complexity index is 930. The molecule has 3 aromatic rings. The number of aromatic amines is 2. The topological polar surface area (TPSA) is 99.9 Å². The first-order valence-electron chi connectivity index (χ1n) is 7.83. The highest BCUT2D eigenvalue weighted by Gasteiger charge is 2.06. The maximum absolute atomic E-state index is 11.9. The van der Waals surface area contributed by atoms with Crippen molar-refractivity contribution < 1.29 is 9.53 Å². The molecule has 25 heavy (non-hydrogen) atoms. The Labute approximate surface area is 144 Å². The van der Waals surface area contributed by atoms with Gasteiger partial charge in [-0.25, -0.2) is 0 Å². The van der Waals surface area contributed by atoms with Gasteiger partial charge in [0, 0.05) is 29.1 Å². The molecular formula is C18H18N4O3. The van der Waals surface area contributed by atoms with Gasteiger partial charge >= 0.3 is 0 Å². The summed E-state index contributed by atoms with van der Waals surface area (Å²) in [5, 5.41) is 9.64. The molecule has 3 rings (SSSR count). The van der Waals surface area contributed by atoms with Gasteiger partial charge in [-0.15, -0.1) is 0 Å². The molecule has 0 atom stereocenters. The number of aryl methyl sites for hydroxylation is 1. The molecule has 3 N–H and O–H groups in total. The van der Waals surface area contributed by atoms with Crippen molar-refractivity contribution in [2.45, 2.75) is 6.92 Å². The van der Waals surface area contributed by atoms with Crippen LogP contribution < -0.4 is 15.6 Å². The number of hydrogen-bond donors (Lipinski definition) is 3. The van der Waals surface area contributed by atoms with Gasteiger partial charge in [0.1, 0.15) is 12.4 Å². The maximum atomic E-state index is 11.9. The summed E-state index contributed by atoms with van der Waals surface area (Å²) in [5.41, 5.74) is 3.03. The first kappa shape index (κ1) is 16.5. The molecule has 2 heterocycles. The molecule has 7 nitrogen and oxygen atoms in total. The van der Waals surface area contributed by atoms with Crippen molar-refractivity contribution in [3.63, 3.8) is 0 Å². The molecule has 1 amide bonds. The van der Waals surface area contributed by atoms with Crippen LogP contribution in [0.5, 0.6) is 5.75 Å². The third-order valence-corrected chi connectivity index (χ3v) is 3.67. The SMILES string of the molecule is Cc1[nH]ncc1-c1cccc(OCCNC(=O)c2cc[nH]c(=O)c2)c1. The van der Waals surface area contributed by atoms with Crippen molar-refractivity contribution >= 4 is 5.91 Å². The summed E-state index contributed by atoms with van der Waals surface area (Å²) in [5.74, 6) is 0.404. The quantitative estimate of drug-likeness (QED) is 0.598. The highest BCUT2D eigenvalue weighted by Crippen LogP contribution is 2.25. The van der Waals surface area contributed by atoms with Crippen LogP contribution in [0.2, 0.25) is 0 Å². The predicted octanol–water partition coefficient (Wildman–Crippen LogP) is 1.88. The van der Waals surface area contributed by atoms with E-state index in [-0.39, 0.29) is 11.5 Å². The van der Waals surface area contributed by atoms with Gasteiger partial charge < -0.3 is 15.0 Å². The summed E-state index contributed by atoms with van der Waals surface area (Å²) in [6.07, 6.45) is 3.22. The number of hydrogen-bond acceptors (Lipinski definition) is 4. The summed E-state index contributed by atoms with van der Waals surface area (Å²) in [7, 11) is 0. The fourth-order valence-corrected chi connectivity index (χ4v) is 2.42. The van der Waals surface area contributed by atoms with E-state index in [1.165, 1.54) is 12.3 Å². The average Bonchev–Trinajstić information content (AvgIpc) is 3.05. The molecule has 0 spiro atoms. The summed E-state index contributed by atoms with van der Waals surface area (Å²) < 4.78 is 5.68. The number of carbonyl (C=O) groups is 1. The maximum Gasteiger partial charge on any atom is 0.251 e. The van der Waals surface area contributed by atoms with Gasteiger partial charge in [0.25, 0.3) is 5.91 Å². The van der Waals surface area contributed by atoms with Crippen LogP contribution in [0.4, 0.5) is 0 Å². The number of aromatic nitrogens is 3. The Hall–Kier alpha value is -3.35. The number of rotatable bonds is 6. The fourth-order valence-electron chi connectivity index (χ4n) is 2.42. The molecule has 128 valence electrons. The summed E-state index contributed by atoms with van der Waals surface area (Å²) in [6, 6.07) is 10.5. The molecule has 0 aliphatic carbocycles. The number of H-pyrrole nitrogens is 2. The highest BCUT2D eigenvalue weighted by atomic mass is 16.5. The van der Waals surface area contributed by atoms with E-state index in [9.17, 15) is 9.59 Å². The second kappa shape index (κ2) is 7.48. The van der Waals surface area contributed by atoms with Crippen LogP contribution in [0.15, 0.2) is 53.6 Å². The normalized spacial score (nSPS) is 10.4. The van der Waals surface area contributed by atoms with Gasteiger partial charge in [-0.1, -0.05) is 12.1 Å². The van der Waals surface area contributed by atoms with Crippen molar-refractivity contribution in [3.8, 4) is 16.9 Å². The lowest BCUT2D eigenvalue weighted by atomic mass is 10.1. The van der Waals surface area contributed by atoms with Gasteiger partial charge in [-0.05, 0) is 30.7 Å². The smallest absolute Gasteiger partial charge is 0.251 e. The molecule has 2 aromatic heterocycles. The Kier molecular flexibility index (Phi) is 4.94. The molecule has 0 fully saturated rings. The van der Waals surface area contributed by atoms with E-state index in [1.807, 2.05) is 31.2 Å². The van der Waals surface area contributed by atoms with Crippen molar-refractivity contribution in [2.24, 2.45) is 0 Å². The lowest BCUT2D eigenvalue weighted by molar-refractivity contribution is 0.0946. The zero-order valence-electron chi connectivity index (χ0n) is 13.7. The highest BCUT2D eigenvalue weighted by molar-refractivity contribution is 5.93. The average molecular weight is 338 g/mol. The van der Waals surface area contributed by atoms with E-state index < -0.39 is 0 Å². The Morgan fingerprint density at radius 1 is 1.28 bits per heavy atom. The summed E-state index contributed by atoms with van der Waals surface area (Å²) >= 11 is 0. The number of carbonyl (C=O) groups excluding carboxylic acids is 1. The number of nitrogens with zero attached hydrogens (tertiary/aromatic N) is 1. The van der Waals surface area contributed by atoms with E-state index in [4.69, 9.17) is 4.74 Å². The van der Waals surface area contributed by atoms with Crippen molar-refractivity contribution in [2.75, 3.05) is 13.2 Å². The Morgan fingerprint density at radius 3 is 2.92 bits per heavy atom. The van der Waals surface area contributed by atoms with Crippen LogP contribution in [-0.2, 0) is 0 Å². The monoisotopic (exact) mass is 338 g/mol. The Morgan fingerprint density at radius 2 is 2.16 bits per heavy atom. The molecular weight excluding hydrogens is 320 g/mol. The van der Waals surface area contributed by atoms with E-state index in [0.29, 0.717) is 24.5 Å². The molecule has 0 saturated heterocycles. The van der Waals surface area contributed by atoms with Gasteiger partial charge in [0.05, 0.1) is 12.7 Å². The van der Waals surface area contributed by atoms with Crippen LogP contribution in [0, 0.1) is 6.92 Å². The van der Waals surface area contributed by atoms with E-state index in [2.05, 4.69) is 20.5 Å². The molecule has 7 heteroatoms. The van der Waals surface area contributed by atoms with E-state index in [1.54, 1.807) is 12.3 Å². The largest absolute Gasteiger partial charge is 0.492 e. The lowest BCUT2D eigenvalue weighted by Crippen LogP contribution is -2.28. The second-order valence-corrected chi connectivity index (χ2v) is 5.48. The molecule has 0 radical (unpaired) electrons. The first-order chi connectivity index (χ1) is 12.1. The number of nitrogens with one attached hydrogen (secondary N) is 3. The van der Waals surface area contributed by atoms with Crippen molar-refractivity contribution in [3.05, 3.63) is 70.4 Å². The van der Waals surface area contributed by atoms with Crippen LogP contribution >= 0.6 is 0 Å². The van der Waals surface area contributed by atoms with E-state index in [0.717, 1.165) is 16.8 Å². The third kappa shape index (κ3) is 4.14. The minimum Gasteiger partial charge on any atom is -0.492 e. The first-order valence-corrected chi connectivity index (χ1v) is 7.83. The number of benzene rings is 1. The van der Waals surface area contributed by atoms with Gasteiger partial charge in [-0.3, -0.25) is 14.7 Å². The van der Waals surface area contributed by atoms with Gasteiger partial charge in [-0.2, -0.15) is 5.10 Å². The van der Waals surface area contributed by atoms with Gasteiger partial charge in [0.15, 0.2) is 0 Å². The number of ether oxygens (including phenoxy) is 1. The molecule has 0 unspecified atom stereocenters. The van der Waals surface area contributed by atoms with Crippen LogP contribution in [0.3, 0.4) is 0 Å². The van der Waals surface area contributed by atoms with Crippen molar-refractivity contribution in [1.82, 2.24) is 20.5 Å². The molecule has 1 aromatic carbocycles. The fraction of sp³-hybridized carbons (Fsp3) is 0.167. The van der Waals surface area contributed by atoms with Gasteiger partial charge in [0.2, 0.25) is 5.56 Å².